The summed E-state index contributed by atoms with van der Waals surface area (Å²) in [4.78, 5) is 4.33. The van der Waals surface area contributed by atoms with E-state index in [9.17, 15) is 0 Å². The molecule has 90 valence electrons. The smallest absolute Gasteiger partial charge is 0.240 e. The summed E-state index contributed by atoms with van der Waals surface area (Å²) in [6.07, 6.45) is 4.45. The van der Waals surface area contributed by atoms with Gasteiger partial charge in [0, 0.05) is 13.2 Å². The molecule has 1 aliphatic carbocycles. The Hall–Kier alpha value is -0.940. The second-order valence-electron chi connectivity index (χ2n) is 4.21. The van der Waals surface area contributed by atoms with Gasteiger partial charge in [0.2, 0.25) is 11.7 Å². The van der Waals surface area contributed by atoms with E-state index in [4.69, 9.17) is 9.26 Å². The van der Waals surface area contributed by atoms with Gasteiger partial charge in [0.25, 0.3) is 0 Å². The molecular formula is C11H19N3O2. The van der Waals surface area contributed by atoms with Crippen molar-refractivity contribution >= 4 is 0 Å². The summed E-state index contributed by atoms with van der Waals surface area (Å²) >= 11 is 0. The summed E-state index contributed by atoms with van der Waals surface area (Å²) in [6.45, 7) is 2.78. The highest BCUT2D eigenvalue weighted by Gasteiger charge is 2.22. The van der Waals surface area contributed by atoms with Crippen LogP contribution in [-0.4, -0.2) is 23.3 Å². The first-order valence-electron chi connectivity index (χ1n) is 5.92. The third-order valence-electron chi connectivity index (χ3n) is 2.73. The molecule has 16 heavy (non-hydrogen) atoms. The number of hydrogen-bond donors (Lipinski definition) is 1. The molecule has 1 aromatic heterocycles. The zero-order chi connectivity index (χ0) is 11.4. The maximum absolute atomic E-state index is 5.32. The van der Waals surface area contributed by atoms with Gasteiger partial charge in [-0.2, -0.15) is 4.98 Å². The number of aromatic nitrogens is 2. The zero-order valence-electron chi connectivity index (χ0n) is 9.90. The van der Waals surface area contributed by atoms with Gasteiger partial charge in [-0.05, 0) is 19.3 Å². The van der Waals surface area contributed by atoms with Crippen molar-refractivity contribution in [1.82, 2.24) is 15.5 Å². The molecule has 1 atom stereocenters. The van der Waals surface area contributed by atoms with Crippen LogP contribution in [0, 0.1) is 0 Å². The highest BCUT2D eigenvalue weighted by Crippen LogP contribution is 2.21. The van der Waals surface area contributed by atoms with Gasteiger partial charge >= 0.3 is 0 Å². The van der Waals surface area contributed by atoms with Crippen LogP contribution in [-0.2, 0) is 11.3 Å². The summed E-state index contributed by atoms with van der Waals surface area (Å²) in [6, 6.07) is 0.657. The average molecular weight is 225 g/mol. The lowest BCUT2D eigenvalue weighted by Crippen LogP contribution is -2.15. The van der Waals surface area contributed by atoms with Gasteiger partial charge in [0.05, 0.1) is 6.54 Å². The second-order valence-corrected chi connectivity index (χ2v) is 4.21. The van der Waals surface area contributed by atoms with Gasteiger partial charge in [-0.1, -0.05) is 18.5 Å². The lowest BCUT2D eigenvalue weighted by molar-refractivity contribution is 0.0854. The van der Waals surface area contributed by atoms with Crippen LogP contribution in [0.2, 0.25) is 0 Å². The fraction of sp³-hybridized carbons (Fsp3) is 0.818. The van der Waals surface area contributed by atoms with Gasteiger partial charge in [0.15, 0.2) is 0 Å². The van der Waals surface area contributed by atoms with Crippen LogP contribution in [0.5, 0.6) is 0 Å². The molecule has 0 aliphatic heterocycles. The van der Waals surface area contributed by atoms with Crippen molar-refractivity contribution in [3.63, 3.8) is 0 Å². The van der Waals surface area contributed by atoms with Crippen molar-refractivity contribution in [2.75, 3.05) is 7.11 Å². The monoisotopic (exact) mass is 225 g/mol. The molecule has 1 heterocycles. The van der Waals surface area contributed by atoms with Crippen molar-refractivity contribution in [1.29, 1.82) is 0 Å². The number of methoxy groups -OCH3 is 1. The van der Waals surface area contributed by atoms with Crippen LogP contribution in [0.4, 0.5) is 0 Å². The van der Waals surface area contributed by atoms with Crippen LogP contribution in [0.25, 0.3) is 0 Å². The molecule has 0 bridgehead atoms. The van der Waals surface area contributed by atoms with E-state index in [-0.39, 0.29) is 6.10 Å². The molecule has 0 amide bonds. The van der Waals surface area contributed by atoms with E-state index in [0.717, 1.165) is 12.8 Å². The van der Waals surface area contributed by atoms with Crippen molar-refractivity contribution in [2.24, 2.45) is 0 Å². The highest BCUT2D eigenvalue weighted by molar-refractivity contribution is 4.92. The van der Waals surface area contributed by atoms with Crippen molar-refractivity contribution in [2.45, 2.75) is 51.3 Å². The van der Waals surface area contributed by atoms with Gasteiger partial charge in [0.1, 0.15) is 6.10 Å². The molecule has 1 N–H and O–H groups in total. The van der Waals surface area contributed by atoms with Gasteiger partial charge in [-0.15, -0.1) is 0 Å². The van der Waals surface area contributed by atoms with E-state index < -0.39 is 0 Å². The Kier molecular flexibility index (Phi) is 3.90. The summed E-state index contributed by atoms with van der Waals surface area (Å²) in [5, 5.41) is 7.29. The van der Waals surface area contributed by atoms with Crippen LogP contribution in [0.15, 0.2) is 4.52 Å². The van der Waals surface area contributed by atoms with Crippen molar-refractivity contribution in [3.05, 3.63) is 11.7 Å². The first-order chi connectivity index (χ1) is 7.83. The summed E-state index contributed by atoms with van der Waals surface area (Å²) in [7, 11) is 1.68. The van der Waals surface area contributed by atoms with Crippen LogP contribution >= 0.6 is 0 Å². The standard InChI is InChI=1S/C11H19N3O2/c1-3-4-9(15-2)11-13-10(16-14-11)7-12-8-5-6-8/h8-9,12H,3-7H2,1-2H3. The maximum atomic E-state index is 5.32. The fourth-order valence-electron chi connectivity index (χ4n) is 1.60. The Balaban J connectivity index is 1.88. The third kappa shape index (κ3) is 3.02. The minimum Gasteiger partial charge on any atom is -0.373 e. The van der Waals surface area contributed by atoms with E-state index in [0.29, 0.717) is 24.3 Å². The van der Waals surface area contributed by atoms with Crippen LogP contribution in [0.1, 0.15) is 50.4 Å². The van der Waals surface area contributed by atoms with Gasteiger partial charge < -0.3 is 14.6 Å². The molecule has 2 rings (SSSR count). The molecule has 1 aromatic rings. The molecule has 0 radical (unpaired) electrons. The van der Waals surface area contributed by atoms with Crippen molar-refractivity contribution in [3.8, 4) is 0 Å². The molecular weight excluding hydrogens is 206 g/mol. The molecule has 5 nitrogen and oxygen atoms in total. The summed E-state index contributed by atoms with van der Waals surface area (Å²) in [5.41, 5.74) is 0. The molecule has 0 saturated heterocycles. The largest absolute Gasteiger partial charge is 0.373 e. The number of nitrogens with zero attached hydrogens (tertiary/aromatic N) is 2. The molecule has 1 aliphatic rings. The van der Waals surface area contributed by atoms with E-state index in [1.54, 1.807) is 7.11 Å². The molecule has 5 heteroatoms. The SMILES string of the molecule is CCCC(OC)c1noc(CNC2CC2)n1. The normalized spacial score (nSPS) is 17.6. The first kappa shape index (κ1) is 11.5. The minimum atomic E-state index is -0.0385. The molecule has 1 saturated carbocycles. The number of hydrogen-bond acceptors (Lipinski definition) is 5. The van der Waals surface area contributed by atoms with E-state index in [1.807, 2.05) is 0 Å². The molecule has 0 spiro atoms. The summed E-state index contributed by atoms with van der Waals surface area (Å²) < 4.78 is 10.5. The quantitative estimate of drug-likeness (QED) is 0.766. The minimum absolute atomic E-state index is 0.0385. The van der Waals surface area contributed by atoms with Crippen molar-refractivity contribution < 1.29 is 9.26 Å². The predicted molar refractivity (Wildman–Crippen MR) is 58.8 cm³/mol. The van der Waals surface area contributed by atoms with E-state index in [1.165, 1.54) is 12.8 Å². The topological polar surface area (TPSA) is 60.2 Å². The van der Waals surface area contributed by atoms with E-state index in [2.05, 4.69) is 22.4 Å². The Morgan fingerprint density at radius 2 is 2.38 bits per heavy atom. The zero-order valence-corrected chi connectivity index (χ0v) is 9.90. The Labute approximate surface area is 95.6 Å². The van der Waals surface area contributed by atoms with Crippen LogP contribution < -0.4 is 5.32 Å². The summed E-state index contributed by atoms with van der Waals surface area (Å²) in [5.74, 6) is 1.32. The number of ether oxygens (including phenoxy) is 1. The maximum Gasteiger partial charge on any atom is 0.240 e. The molecule has 1 unspecified atom stereocenters. The average Bonchev–Trinajstić information content (AvgIpc) is 3.02. The highest BCUT2D eigenvalue weighted by atomic mass is 16.5. The lowest BCUT2D eigenvalue weighted by Gasteiger charge is -2.08. The fourth-order valence-corrected chi connectivity index (χ4v) is 1.60. The number of nitrogens with one attached hydrogen (secondary N) is 1. The third-order valence-corrected chi connectivity index (χ3v) is 2.73. The Bertz CT molecular complexity index is 323. The molecule has 0 aromatic carbocycles. The Morgan fingerprint density at radius 1 is 1.56 bits per heavy atom. The van der Waals surface area contributed by atoms with E-state index >= 15 is 0 Å². The Morgan fingerprint density at radius 3 is 3.00 bits per heavy atom. The predicted octanol–water partition coefficient (Wildman–Crippen LogP) is 1.81. The molecule has 1 fully saturated rings. The first-order valence-corrected chi connectivity index (χ1v) is 5.92. The second kappa shape index (κ2) is 5.41. The number of rotatable bonds is 7. The van der Waals surface area contributed by atoms with Crippen LogP contribution in [0.3, 0.4) is 0 Å². The van der Waals surface area contributed by atoms with Gasteiger partial charge in [-0.3, -0.25) is 0 Å². The van der Waals surface area contributed by atoms with Gasteiger partial charge in [-0.25, -0.2) is 0 Å². The lowest BCUT2D eigenvalue weighted by atomic mass is 10.2.